The van der Waals surface area contributed by atoms with E-state index in [4.69, 9.17) is 4.52 Å². The summed E-state index contributed by atoms with van der Waals surface area (Å²) in [6.07, 6.45) is 7.12. The predicted molar refractivity (Wildman–Crippen MR) is 82.3 cm³/mol. The van der Waals surface area contributed by atoms with Gasteiger partial charge in [-0.2, -0.15) is 0 Å². The number of hydrogen-bond acceptors (Lipinski definition) is 3. The molecule has 4 nitrogen and oxygen atoms in total. The van der Waals surface area contributed by atoms with Crippen molar-refractivity contribution in [3.05, 3.63) is 29.7 Å². The lowest BCUT2D eigenvalue weighted by Crippen LogP contribution is -2.59. The summed E-state index contributed by atoms with van der Waals surface area (Å²) in [6.45, 7) is 0. The van der Waals surface area contributed by atoms with Crippen LogP contribution in [0.3, 0.4) is 0 Å². The number of nitrogens with one attached hydrogen (secondary N) is 1. The summed E-state index contributed by atoms with van der Waals surface area (Å²) in [5, 5.41) is 7.23. The zero-order chi connectivity index (χ0) is 15.6. The fourth-order valence-electron chi connectivity index (χ4n) is 5.67. The summed E-state index contributed by atoms with van der Waals surface area (Å²) in [4.78, 5) is 12.8. The van der Waals surface area contributed by atoms with Gasteiger partial charge in [0.1, 0.15) is 5.82 Å². The molecule has 4 saturated carbocycles. The SMILES string of the molecule is O=C(NC12CC3CC(CC(C3)C1)C2)c1noc2cccc(F)c12. The minimum absolute atomic E-state index is 0.0776. The topological polar surface area (TPSA) is 55.1 Å². The first-order valence-corrected chi connectivity index (χ1v) is 8.48. The molecule has 4 aliphatic carbocycles. The Morgan fingerprint density at radius 2 is 1.83 bits per heavy atom. The second kappa shape index (κ2) is 4.56. The van der Waals surface area contributed by atoms with Gasteiger partial charge in [-0.15, -0.1) is 0 Å². The van der Waals surface area contributed by atoms with Crippen LogP contribution >= 0.6 is 0 Å². The molecule has 0 aliphatic heterocycles. The van der Waals surface area contributed by atoms with E-state index in [1.807, 2.05) is 0 Å². The van der Waals surface area contributed by atoms with Crippen LogP contribution < -0.4 is 5.32 Å². The van der Waals surface area contributed by atoms with E-state index in [-0.39, 0.29) is 22.5 Å². The molecule has 1 amide bonds. The number of hydrogen-bond donors (Lipinski definition) is 1. The molecule has 6 rings (SSSR count). The molecule has 4 aliphatic rings. The number of amides is 1. The molecular formula is C18H19FN2O2. The van der Waals surface area contributed by atoms with Crippen LogP contribution in [0.15, 0.2) is 22.7 Å². The average molecular weight is 314 g/mol. The number of aromatic nitrogens is 1. The molecule has 1 heterocycles. The fraction of sp³-hybridized carbons (Fsp3) is 0.556. The zero-order valence-electron chi connectivity index (χ0n) is 12.8. The highest BCUT2D eigenvalue weighted by molar-refractivity contribution is 6.04. The van der Waals surface area contributed by atoms with Gasteiger partial charge in [-0.3, -0.25) is 4.79 Å². The lowest BCUT2D eigenvalue weighted by atomic mass is 9.53. The van der Waals surface area contributed by atoms with Crippen molar-refractivity contribution < 1.29 is 13.7 Å². The minimum Gasteiger partial charge on any atom is -0.355 e. The number of carbonyl (C=O) groups is 1. The van der Waals surface area contributed by atoms with Gasteiger partial charge in [0.25, 0.3) is 5.91 Å². The van der Waals surface area contributed by atoms with Crippen molar-refractivity contribution in [2.45, 2.75) is 44.1 Å². The van der Waals surface area contributed by atoms with Crippen molar-refractivity contribution in [2.75, 3.05) is 0 Å². The van der Waals surface area contributed by atoms with E-state index >= 15 is 0 Å². The highest BCUT2D eigenvalue weighted by Gasteiger charge is 2.51. The lowest BCUT2D eigenvalue weighted by molar-refractivity contribution is -0.0168. The lowest BCUT2D eigenvalue weighted by Gasteiger charge is -2.56. The third kappa shape index (κ3) is 2.02. The summed E-state index contributed by atoms with van der Waals surface area (Å²) in [7, 11) is 0. The van der Waals surface area contributed by atoms with Crippen LogP contribution in [-0.2, 0) is 0 Å². The van der Waals surface area contributed by atoms with Gasteiger partial charge < -0.3 is 9.84 Å². The Bertz CT molecular complexity index is 762. The number of benzene rings is 1. The molecule has 4 bridgehead atoms. The van der Waals surface area contributed by atoms with Crippen molar-refractivity contribution in [3.63, 3.8) is 0 Å². The van der Waals surface area contributed by atoms with Crippen molar-refractivity contribution in [3.8, 4) is 0 Å². The molecule has 1 aromatic carbocycles. The van der Waals surface area contributed by atoms with Crippen molar-refractivity contribution in [2.24, 2.45) is 17.8 Å². The van der Waals surface area contributed by atoms with E-state index in [2.05, 4.69) is 10.5 Å². The van der Waals surface area contributed by atoms with Crippen molar-refractivity contribution >= 4 is 16.9 Å². The van der Waals surface area contributed by atoms with Gasteiger partial charge >= 0.3 is 0 Å². The minimum atomic E-state index is -0.459. The summed E-state index contributed by atoms with van der Waals surface area (Å²) >= 11 is 0. The van der Waals surface area contributed by atoms with Gasteiger partial charge in [0, 0.05) is 5.54 Å². The molecular weight excluding hydrogens is 295 g/mol. The Morgan fingerprint density at radius 1 is 1.17 bits per heavy atom. The quantitative estimate of drug-likeness (QED) is 0.920. The molecule has 4 fully saturated rings. The molecule has 1 N–H and O–H groups in total. The Morgan fingerprint density at radius 3 is 2.48 bits per heavy atom. The van der Waals surface area contributed by atoms with Crippen LogP contribution in [0.5, 0.6) is 0 Å². The monoisotopic (exact) mass is 314 g/mol. The normalized spacial score (nSPS) is 34.9. The molecule has 0 saturated heterocycles. The molecule has 5 heteroatoms. The average Bonchev–Trinajstić information content (AvgIpc) is 2.90. The molecule has 0 radical (unpaired) electrons. The second-order valence-corrected chi connectivity index (χ2v) is 7.80. The summed E-state index contributed by atoms with van der Waals surface area (Å²) in [5.41, 5.74) is 0.289. The fourth-order valence-corrected chi connectivity index (χ4v) is 5.67. The number of rotatable bonds is 2. The van der Waals surface area contributed by atoms with Crippen molar-refractivity contribution in [1.82, 2.24) is 10.5 Å². The van der Waals surface area contributed by atoms with E-state index in [1.54, 1.807) is 12.1 Å². The van der Waals surface area contributed by atoms with Gasteiger partial charge in [-0.05, 0) is 68.4 Å². The van der Waals surface area contributed by atoms with Gasteiger partial charge in [0.2, 0.25) is 0 Å². The van der Waals surface area contributed by atoms with Gasteiger partial charge in [-0.1, -0.05) is 11.2 Å². The first-order chi connectivity index (χ1) is 11.1. The smallest absolute Gasteiger partial charge is 0.274 e. The van der Waals surface area contributed by atoms with Crippen LogP contribution in [0.2, 0.25) is 0 Å². The summed E-state index contributed by atoms with van der Waals surface area (Å²) in [6, 6.07) is 4.53. The first kappa shape index (κ1) is 13.5. The molecule has 120 valence electrons. The number of carbonyl (C=O) groups excluding carboxylic acids is 1. The summed E-state index contributed by atoms with van der Waals surface area (Å²) < 4.78 is 19.2. The van der Waals surface area contributed by atoms with Gasteiger partial charge in [0.15, 0.2) is 11.3 Å². The van der Waals surface area contributed by atoms with Crippen LogP contribution in [0.25, 0.3) is 11.0 Å². The van der Waals surface area contributed by atoms with Crippen LogP contribution in [0, 0.1) is 23.6 Å². The maximum Gasteiger partial charge on any atom is 0.274 e. The standard InChI is InChI=1S/C18H19FN2O2/c19-13-2-1-3-14-15(13)16(21-23-14)17(22)20-18-7-10-4-11(8-18)6-12(5-10)9-18/h1-3,10-12H,4-9H2,(H,20,22). The van der Waals surface area contributed by atoms with Crippen LogP contribution in [0.4, 0.5) is 4.39 Å². The molecule has 2 aromatic rings. The van der Waals surface area contributed by atoms with Crippen LogP contribution in [0.1, 0.15) is 49.0 Å². The second-order valence-electron chi connectivity index (χ2n) is 7.80. The Labute approximate surface area is 133 Å². The maximum absolute atomic E-state index is 14.1. The third-order valence-corrected chi connectivity index (χ3v) is 6.08. The molecule has 0 unspecified atom stereocenters. The van der Waals surface area contributed by atoms with E-state index in [0.29, 0.717) is 5.58 Å². The Kier molecular flexibility index (Phi) is 2.68. The van der Waals surface area contributed by atoms with Gasteiger partial charge in [-0.25, -0.2) is 4.39 Å². The first-order valence-electron chi connectivity index (χ1n) is 8.48. The number of nitrogens with zero attached hydrogens (tertiary/aromatic N) is 1. The highest BCUT2D eigenvalue weighted by atomic mass is 19.1. The molecule has 23 heavy (non-hydrogen) atoms. The number of fused-ring (bicyclic) bond motifs is 1. The van der Waals surface area contributed by atoms with Crippen LogP contribution in [-0.4, -0.2) is 16.6 Å². The molecule has 0 spiro atoms. The highest BCUT2D eigenvalue weighted by Crippen LogP contribution is 2.55. The number of halogens is 1. The largest absolute Gasteiger partial charge is 0.355 e. The predicted octanol–water partition coefficient (Wildman–Crippen LogP) is 3.67. The summed E-state index contributed by atoms with van der Waals surface area (Å²) in [5.74, 6) is 1.47. The molecule has 1 aromatic heterocycles. The zero-order valence-corrected chi connectivity index (χ0v) is 12.8. The Hall–Kier alpha value is -1.91. The van der Waals surface area contributed by atoms with Gasteiger partial charge in [0.05, 0.1) is 5.39 Å². The van der Waals surface area contributed by atoms with Crippen molar-refractivity contribution in [1.29, 1.82) is 0 Å². The van der Waals surface area contributed by atoms with E-state index in [9.17, 15) is 9.18 Å². The Balaban J connectivity index is 1.47. The van der Waals surface area contributed by atoms with E-state index < -0.39 is 5.82 Å². The van der Waals surface area contributed by atoms with E-state index in [0.717, 1.165) is 37.0 Å². The van der Waals surface area contributed by atoms with E-state index in [1.165, 1.54) is 25.3 Å². The molecule has 0 atom stereocenters. The maximum atomic E-state index is 14.1. The third-order valence-electron chi connectivity index (χ3n) is 6.08.